The smallest absolute Gasteiger partial charge is 0.255 e. The van der Waals surface area contributed by atoms with Gasteiger partial charge in [0.2, 0.25) is 0 Å². The highest BCUT2D eigenvalue weighted by molar-refractivity contribution is 9.10. The van der Waals surface area contributed by atoms with Crippen LogP contribution in [-0.2, 0) is 4.79 Å². The maximum absolute atomic E-state index is 13.2. The van der Waals surface area contributed by atoms with Crippen molar-refractivity contribution in [3.63, 3.8) is 0 Å². The van der Waals surface area contributed by atoms with Crippen LogP contribution >= 0.6 is 28.1 Å². The number of hydrogen-bond acceptors (Lipinski definition) is 3. The SMILES string of the molecule is CCCOc1ccc(Br)cc1[C@H]1NC(=S)NC(C)=C1C(=O)Nc1ccc(C)cc1. The van der Waals surface area contributed by atoms with E-state index in [0.717, 1.165) is 33.5 Å². The minimum absolute atomic E-state index is 0.194. The zero-order valence-corrected chi connectivity index (χ0v) is 19.0. The zero-order chi connectivity index (χ0) is 21.0. The number of halogens is 1. The highest BCUT2D eigenvalue weighted by Gasteiger charge is 2.32. The zero-order valence-electron chi connectivity index (χ0n) is 16.6. The van der Waals surface area contributed by atoms with Gasteiger partial charge >= 0.3 is 0 Å². The van der Waals surface area contributed by atoms with E-state index in [1.165, 1.54) is 0 Å². The number of nitrogens with one attached hydrogen (secondary N) is 3. The fourth-order valence-electron chi connectivity index (χ4n) is 3.15. The molecule has 5 nitrogen and oxygen atoms in total. The molecule has 0 aliphatic carbocycles. The van der Waals surface area contributed by atoms with Gasteiger partial charge in [-0.3, -0.25) is 4.79 Å². The second kappa shape index (κ2) is 9.41. The van der Waals surface area contributed by atoms with Crippen LogP contribution in [0, 0.1) is 6.92 Å². The normalized spacial score (nSPS) is 16.1. The Morgan fingerprint density at radius 2 is 1.93 bits per heavy atom. The minimum atomic E-state index is -0.432. The van der Waals surface area contributed by atoms with Crippen molar-refractivity contribution in [3.05, 3.63) is 69.3 Å². The van der Waals surface area contributed by atoms with Crippen LogP contribution in [-0.4, -0.2) is 17.6 Å². The van der Waals surface area contributed by atoms with Crippen LogP contribution < -0.4 is 20.7 Å². The first-order valence-corrected chi connectivity index (χ1v) is 10.7. The molecule has 0 fully saturated rings. The molecule has 1 atom stereocenters. The van der Waals surface area contributed by atoms with Crippen molar-refractivity contribution in [2.45, 2.75) is 33.2 Å². The van der Waals surface area contributed by atoms with Gasteiger partial charge < -0.3 is 20.7 Å². The summed E-state index contributed by atoms with van der Waals surface area (Å²) in [6, 6.07) is 13.1. The van der Waals surface area contributed by atoms with Crippen LogP contribution in [0.5, 0.6) is 5.75 Å². The van der Waals surface area contributed by atoms with E-state index in [0.29, 0.717) is 23.0 Å². The average Bonchev–Trinajstić information content (AvgIpc) is 2.68. The number of carbonyl (C=O) groups is 1. The van der Waals surface area contributed by atoms with E-state index in [1.54, 1.807) is 0 Å². The Morgan fingerprint density at radius 1 is 1.21 bits per heavy atom. The third-order valence-corrected chi connectivity index (χ3v) is 5.28. The molecule has 0 saturated carbocycles. The van der Waals surface area contributed by atoms with Crippen LogP contribution in [0.25, 0.3) is 0 Å². The van der Waals surface area contributed by atoms with E-state index in [4.69, 9.17) is 17.0 Å². The first-order chi connectivity index (χ1) is 13.9. The molecule has 0 bridgehead atoms. The molecule has 1 aliphatic heterocycles. The van der Waals surface area contributed by atoms with Crippen molar-refractivity contribution in [3.8, 4) is 5.75 Å². The number of aryl methyl sites for hydroxylation is 1. The lowest BCUT2D eigenvalue weighted by molar-refractivity contribution is -0.113. The molecule has 1 amide bonds. The number of carbonyl (C=O) groups excluding carboxylic acids is 1. The van der Waals surface area contributed by atoms with E-state index in [-0.39, 0.29) is 5.91 Å². The lowest BCUT2D eigenvalue weighted by Gasteiger charge is -2.31. The topological polar surface area (TPSA) is 62.4 Å². The van der Waals surface area contributed by atoms with Gasteiger partial charge in [-0.1, -0.05) is 40.5 Å². The molecule has 1 heterocycles. The number of allylic oxidation sites excluding steroid dienone is 1. The Kier molecular flexibility index (Phi) is 6.92. The Bertz CT molecular complexity index is 957. The van der Waals surface area contributed by atoms with E-state index >= 15 is 0 Å². The highest BCUT2D eigenvalue weighted by atomic mass is 79.9. The molecule has 0 saturated heterocycles. The number of amides is 1. The van der Waals surface area contributed by atoms with Gasteiger partial charge in [-0.05, 0) is 62.8 Å². The summed E-state index contributed by atoms with van der Waals surface area (Å²) in [7, 11) is 0. The molecule has 3 N–H and O–H groups in total. The van der Waals surface area contributed by atoms with Gasteiger partial charge in [0.25, 0.3) is 5.91 Å². The third-order valence-electron chi connectivity index (χ3n) is 4.57. The second-order valence-electron chi connectivity index (χ2n) is 6.92. The largest absolute Gasteiger partial charge is 0.493 e. The molecule has 2 aromatic carbocycles. The lowest BCUT2D eigenvalue weighted by atomic mass is 9.94. The monoisotopic (exact) mass is 473 g/mol. The lowest BCUT2D eigenvalue weighted by Crippen LogP contribution is -2.45. The van der Waals surface area contributed by atoms with Gasteiger partial charge in [0.05, 0.1) is 18.2 Å². The van der Waals surface area contributed by atoms with Gasteiger partial charge in [-0.2, -0.15) is 0 Å². The molecule has 3 rings (SSSR count). The van der Waals surface area contributed by atoms with E-state index in [2.05, 4.69) is 38.8 Å². The molecule has 0 spiro atoms. The van der Waals surface area contributed by atoms with Gasteiger partial charge in [-0.15, -0.1) is 0 Å². The van der Waals surface area contributed by atoms with E-state index < -0.39 is 6.04 Å². The summed E-state index contributed by atoms with van der Waals surface area (Å²) in [4.78, 5) is 13.2. The molecule has 2 aromatic rings. The summed E-state index contributed by atoms with van der Waals surface area (Å²) in [6.45, 7) is 6.52. The highest BCUT2D eigenvalue weighted by Crippen LogP contribution is 2.35. The van der Waals surface area contributed by atoms with E-state index in [9.17, 15) is 4.79 Å². The van der Waals surface area contributed by atoms with Crippen LogP contribution in [0.4, 0.5) is 5.69 Å². The fourth-order valence-corrected chi connectivity index (χ4v) is 3.80. The summed E-state index contributed by atoms with van der Waals surface area (Å²) >= 11 is 8.90. The summed E-state index contributed by atoms with van der Waals surface area (Å²) in [5, 5.41) is 9.76. The number of ether oxygens (including phenoxy) is 1. The summed E-state index contributed by atoms with van der Waals surface area (Å²) in [5.74, 6) is 0.533. The first-order valence-electron chi connectivity index (χ1n) is 9.47. The maximum atomic E-state index is 13.2. The molecule has 0 unspecified atom stereocenters. The molecular weight excluding hydrogens is 450 g/mol. The summed E-state index contributed by atoms with van der Waals surface area (Å²) < 4.78 is 6.85. The van der Waals surface area contributed by atoms with Crippen molar-refractivity contribution < 1.29 is 9.53 Å². The Balaban J connectivity index is 1.99. The number of anilines is 1. The van der Waals surface area contributed by atoms with E-state index in [1.807, 2.05) is 56.3 Å². The maximum Gasteiger partial charge on any atom is 0.255 e. The minimum Gasteiger partial charge on any atom is -0.493 e. The van der Waals surface area contributed by atoms with Gasteiger partial charge in [-0.25, -0.2) is 0 Å². The number of benzene rings is 2. The Labute approximate surface area is 185 Å². The number of rotatable bonds is 6. The van der Waals surface area contributed by atoms with Crippen molar-refractivity contribution >= 4 is 44.9 Å². The predicted octanol–water partition coefficient (Wildman–Crippen LogP) is 4.98. The molecule has 7 heteroatoms. The van der Waals surface area contributed by atoms with Crippen molar-refractivity contribution in [1.82, 2.24) is 10.6 Å². The summed E-state index contributed by atoms with van der Waals surface area (Å²) in [6.07, 6.45) is 0.892. The van der Waals surface area contributed by atoms with Crippen molar-refractivity contribution in [1.29, 1.82) is 0 Å². The number of thiocarbonyl (C=S) groups is 1. The second-order valence-corrected chi connectivity index (χ2v) is 8.24. The van der Waals surface area contributed by atoms with Crippen LogP contribution in [0.15, 0.2) is 58.2 Å². The molecule has 0 aromatic heterocycles. The third kappa shape index (κ3) is 5.16. The Morgan fingerprint density at radius 3 is 2.62 bits per heavy atom. The van der Waals surface area contributed by atoms with Gasteiger partial charge in [0.15, 0.2) is 5.11 Å². The van der Waals surface area contributed by atoms with Crippen LogP contribution in [0.2, 0.25) is 0 Å². The van der Waals surface area contributed by atoms with Crippen molar-refractivity contribution in [2.24, 2.45) is 0 Å². The molecule has 0 radical (unpaired) electrons. The molecule has 29 heavy (non-hydrogen) atoms. The predicted molar refractivity (Wildman–Crippen MR) is 124 cm³/mol. The van der Waals surface area contributed by atoms with Crippen molar-refractivity contribution in [2.75, 3.05) is 11.9 Å². The Hall–Kier alpha value is -2.38. The summed E-state index contributed by atoms with van der Waals surface area (Å²) in [5.41, 5.74) is 4.01. The fraction of sp³-hybridized carbons (Fsp3) is 0.273. The van der Waals surface area contributed by atoms with Gasteiger partial charge in [0.1, 0.15) is 5.75 Å². The van der Waals surface area contributed by atoms with Gasteiger partial charge in [0, 0.05) is 21.4 Å². The molecule has 152 valence electrons. The average molecular weight is 474 g/mol. The first kappa shape index (κ1) is 21.3. The van der Waals surface area contributed by atoms with Crippen LogP contribution in [0.1, 0.15) is 37.4 Å². The number of hydrogen-bond donors (Lipinski definition) is 3. The molecular formula is C22H24BrN3O2S. The standard InChI is InChI=1S/C22H24BrN3O2S/c1-4-11-28-18-10-7-15(23)12-17(18)20-19(14(3)24-22(29)26-20)21(27)25-16-8-5-13(2)6-9-16/h5-10,12,20H,4,11H2,1-3H3,(H,25,27)(H2,24,26,29)/t20-/m1/s1. The van der Waals surface area contributed by atoms with Crippen LogP contribution in [0.3, 0.4) is 0 Å². The molecule has 1 aliphatic rings. The quantitative estimate of drug-likeness (QED) is 0.516.